The van der Waals surface area contributed by atoms with Gasteiger partial charge >= 0.3 is 0 Å². The lowest BCUT2D eigenvalue weighted by Crippen LogP contribution is -2.46. The molecular weight excluding hydrogens is 206 g/mol. The summed E-state index contributed by atoms with van der Waals surface area (Å²) in [6, 6.07) is 8.86. The Kier molecular flexibility index (Phi) is 2.65. The second-order valence-electron chi connectivity index (χ2n) is 6.30. The van der Waals surface area contributed by atoms with E-state index in [2.05, 4.69) is 43.4 Å². The van der Waals surface area contributed by atoms with E-state index in [0.717, 1.165) is 5.92 Å². The minimum absolute atomic E-state index is 0.394. The summed E-state index contributed by atoms with van der Waals surface area (Å²) in [5.41, 5.74) is 3.29. The maximum atomic E-state index is 3.87. The van der Waals surface area contributed by atoms with Gasteiger partial charge in [0.25, 0.3) is 0 Å². The van der Waals surface area contributed by atoms with E-state index in [4.69, 9.17) is 0 Å². The molecule has 1 saturated carbocycles. The first-order valence-corrected chi connectivity index (χ1v) is 7.06. The van der Waals surface area contributed by atoms with Gasteiger partial charge in [-0.3, -0.25) is 0 Å². The lowest BCUT2D eigenvalue weighted by Gasteiger charge is -2.47. The summed E-state index contributed by atoms with van der Waals surface area (Å²) in [7, 11) is 0. The van der Waals surface area contributed by atoms with E-state index in [1.807, 2.05) is 0 Å². The number of hydrogen-bond donors (Lipinski definition) is 1. The third-order valence-electron chi connectivity index (χ3n) is 4.68. The summed E-state index contributed by atoms with van der Waals surface area (Å²) in [5.74, 6) is 1.59. The molecule has 0 amide bonds. The van der Waals surface area contributed by atoms with Crippen LogP contribution in [0.3, 0.4) is 0 Å². The second-order valence-corrected chi connectivity index (χ2v) is 6.30. The first-order valence-electron chi connectivity index (χ1n) is 7.06. The van der Waals surface area contributed by atoms with E-state index in [9.17, 15) is 0 Å². The number of hydrogen-bond acceptors (Lipinski definition) is 1. The van der Waals surface area contributed by atoms with Crippen molar-refractivity contribution in [2.24, 2.45) is 5.92 Å². The SMILES string of the molecule is CC1CCCC2(C1)CC(C)c1ccccc1N2. The summed E-state index contributed by atoms with van der Waals surface area (Å²) in [4.78, 5) is 0. The highest BCUT2D eigenvalue weighted by atomic mass is 15.0. The number of anilines is 1. The third-order valence-corrected chi connectivity index (χ3v) is 4.68. The van der Waals surface area contributed by atoms with Gasteiger partial charge in [0.05, 0.1) is 0 Å². The fraction of sp³-hybridized carbons (Fsp3) is 0.625. The lowest BCUT2D eigenvalue weighted by molar-refractivity contribution is 0.229. The van der Waals surface area contributed by atoms with Gasteiger partial charge in [-0.25, -0.2) is 0 Å². The molecule has 17 heavy (non-hydrogen) atoms. The maximum Gasteiger partial charge on any atom is 0.0382 e. The molecule has 1 aliphatic carbocycles. The first kappa shape index (κ1) is 11.1. The van der Waals surface area contributed by atoms with Crippen LogP contribution in [0, 0.1) is 5.92 Å². The van der Waals surface area contributed by atoms with Gasteiger partial charge in [0.1, 0.15) is 0 Å². The number of benzene rings is 1. The van der Waals surface area contributed by atoms with Crippen LogP contribution in [0.2, 0.25) is 0 Å². The minimum atomic E-state index is 0.394. The van der Waals surface area contributed by atoms with Crippen LogP contribution in [0.4, 0.5) is 5.69 Å². The van der Waals surface area contributed by atoms with Crippen molar-refractivity contribution >= 4 is 5.69 Å². The van der Waals surface area contributed by atoms with Gasteiger partial charge in [0.15, 0.2) is 0 Å². The highest BCUT2D eigenvalue weighted by Gasteiger charge is 2.39. The van der Waals surface area contributed by atoms with Gasteiger partial charge in [-0.05, 0) is 42.7 Å². The Balaban J connectivity index is 1.92. The third kappa shape index (κ3) is 1.96. The molecule has 1 nitrogen and oxygen atoms in total. The standard InChI is InChI=1S/C16H23N/c1-12-6-5-9-16(10-12)11-13(2)14-7-3-4-8-15(14)17-16/h3-4,7-8,12-13,17H,5-6,9-11H2,1-2H3. The molecule has 0 aromatic heterocycles. The Morgan fingerprint density at radius 2 is 2.00 bits per heavy atom. The van der Waals surface area contributed by atoms with E-state index < -0.39 is 0 Å². The van der Waals surface area contributed by atoms with Crippen molar-refractivity contribution in [3.8, 4) is 0 Å². The molecule has 1 heterocycles. The highest BCUT2D eigenvalue weighted by molar-refractivity contribution is 5.57. The topological polar surface area (TPSA) is 12.0 Å². The van der Waals surface area contributed by atoms with Gasteiger partial charge in [-0.15, -0.1) is 0 Å². The molecule has 1 heteroatoms. The van der Waals surface area contributed by atoms with Crippen molar-refractivity contribution in [2.45, 2.75) is 57.4 Å². The highest BCUT2D eigenvalue weighted by Crippen LogP contribution is 2.46. The summed E-state index contributed by atoms with van der Waals surface area (Å²) >= 11 is 0. The second kappa shape index (κ2) is 4.04. The average Bonchev–Trinajstić information content (AvgIpc) is 2.28. The van der Waals surface area contributed by atoms with Crippen LogP contribution in [0.5, 0.6) is 0 Å². The van der Waals surface area contributed by atoms with Crippen molar-refractivity contribution in [1.29, 1.82) is 0 Å². The minimum Gasteiger partial charge on any atom is -0.379 e. The average molecular weight is 229 g/mol. The maximum absolute atomic E-state index is 3.87. The molecule has 1 spiro atoms. The Morgan fingerprint density at radius 1 is 1.18 bits per heavy atom. The van der Waals surface area contributed by atoms with Crippen molar-refractivity contribution in [3.63, 3.8) is 0 Å². The van der Waals surface area contributed by atoms with Gasteiger partial charge in [-0.2, -0.15) is 0 Å². The first-order chi connectivity index (χ1) is 8.19. The smallest absolute Gasteiger partial charge is 0.0382 e. The number of nitrogens with one attached hydrogen (secondary N) is 1. The molecule has 3 atom stereocenters. The molecule has 2 aliphatic rings. The summed E-state index contributed by atoms with van der Waals surface area (Å²) in [6.45, 7) is 4.80. The van der Waals surface area contributed by atoms with Crippen molar-refractivity contribution in [2.75, 3.05) is 5.32 Å². The lowest BCUT2D eigenvalue weighted by atomic mass is 9.69. The van der Waals surface area contributed by atoms with Crippen LogP contribution in [-0.4, -0.2) is 5.54 Å². The predicted molar refractivity (Wildman–Crippen MR) is 73.5 cm³/mol. The van der Waals surface area contributed by atoms with Crippen LogP contribution in [0.15, 0.2) is 24.3 Å². The Morgan fingerprint density at radius 3 is 2.82 bits per heavy atom. The van der Waals surface area contributed by atoms with Crippen molar-refractivity contribution < 1.29 is 0 Å². The van der Waals surface area contributed by atoms with E-state index in [1.165, 1.54) is 43.4 Å². The van der Waals surface area contributed by atoms with Crippen LogP contribution < -0.4 is 5.32 Å². The summed E-state index contributed by atoms with van der Waals surface area (Å²) in [5, 5.41) is 3.87. The zero-order chi connectivity index (χ0) is 11.9. The molecule has 0 radical (unpaired) electrons. The van der Waals surface area contributed by atoms with Crippen molar-refractivity contribution in [1.82, 2.24) is 0 Å². The van der Waals surface area contributed by atoms with Gasteiger partial charge < -0.3 is 5.32 Å². The fourth-order valence-corrected chi connectivity index (χ4v) is 4.03. The molecule has 1 aliphatic heterocycles. The molecular formula is C16H23N. The summed E-state index contributed by atoms with van der Waals surface area (Å²) < 4.78 is 0. The molecule has 3 unspecified atom stereocenters. The largest absolute Gasteiger partial charge is 0.379 e. The number of rotatable bonds is 0. The molecule has 1 aromatic carbocycles. The van der Waals surface area contributed by atoms with Crippen LogP contribution in [-0.2, 0) is 0 Å². The molecule has 1 aromatic rings. The van der Waals surface area contributed by atoms with Crippen LogP contribution in [0.25, 0.3) is 0 Å². The van der Waals surface area contributed by atoms with E-state index >= 15 is 0 Å². The van der Waals surface area contributed by atoms with E-state index in [1.54, 1.807) is 0 Å². The molecule has 0 bridgehead atoms. The predicted octanol–water partition coefficient (Wildman–Crippen LogP) is 4.55. The van der Waals surface area contributed by atoms with Crippen LogP contribution in [0.1, 0.15) is 57.4 Å². The van der Waals surface area contributed by atoms with Crippen LogP contribution >= 0.6 is 0 Å². The van der Waals surface area contributed by atoms with Gasteiger partial charge in [-0.1, -0.05) is 44.9 Å². The Bertz CT molecular complexity index is 412. The molecule has 1 fully saturated rings. The number of para-hydroxylation sites is 1. The molecule has 1 N–H and O–H groups in total. The quantitative estimate of drug-likeness (QED) is 0.688. The Hall–Kier alpha value is -0.980. The molecule has 0 saturated heterocycles. The van der Waals surface area contributed by atoms with E-state index in [-0.39, 0.29) is 0 Å². The molecule has 3 rings (SSSR count). The fourth-order valence-electron chi connectivity index (χ4n) is 4.03. The normalized spacial score (nSPS) is 36.4. The van der Waals surface area contributed by atoms with Crippen molar-refractivity contribution in [3.05, 3.63) is 29.8 Å². The van der Waals surface area contributed by atoms with Gasteiger partial charge in [0.2, 0.25) is 0 Å². The zero-order valence-electron chi connectivity index (χ0n) is 11.0. The summed E-state index contributed by atoms with van der Waals surface area (Å²) in [6.07, 6.45) is 6.83. The zero-order valence-corrected chi connectivity index (χ0v) is 11.0. The Labute approximate surface area is 105 Å². The monoisotopic (exact) mass is 229 g/mol. The van der Waals surface area contributed by atoms with Gasteiger partial charge in [0, 0.05) is 11.2 Å². The van der Waals surface area contributed by atoms with E-state index in [0.29, 0.717) is 11.5 Å². The molecule has 92 valence electrons. The number of fused-ring (bicyclic) bond motifs is 1.